The summed E-state index contributed by atoms with van der Waals surface area (Å²) in [5, 5.41) is 6.12. The molecule has 0 unspecified atom stereocenters. The van der Waals surface area contributed by atoms with E-state index < -0.39 is 0 Å². The van der Waals surface area contributed by atoms with Crippen molar-refractivity contribution in [3.8, 4) is 5.75 Å². The minimum absolute atomic E-state index is 0.252. The molecule has 0 spiro atoms. The number of carbonyl (C=O) groups is 1. The van der Waals surface area contributed by atoms with E-state index in [1.165, 1.54) is 0 Å². The molecular weight excluding hydrogens is 366 g/mol. The third-order valence-corrected chi connectivity index (χ3v) is 4.34. The van der Waals surface area contributed by atoms with E-state index in [4.69, 9.17) is 4.74 Å². The van der Waals surface area contributed by atoms with Crippen LogP contribution in [-0.2, 0) is 6.54 Å². The maximum atomic E-state index is 12.6. The summed E-state index contributed by atoms with van der Waals surface area (Å²) in [6.07, 6.45) is 0. The van der Waals surface area contributed by atoms with Crippen molar-refractivity contribution >= 4 is 23.1 Å². The minimum Gasteiger partial charge on any atom is -0.497 e. The van der Waals surface area contributed by atoms with Crippen molar-refractivity contribution in [2.24, 2.45) is 0 Å². The lowest BCUT2D eigenvalue weighted by atomic mass is 10.2. The first-order valence-electron chi connectivity index (χ1n) is 9.26. The Morgan fingerprint density at radius 2 is 1.72 bits per heavy atom. The molecule has 29 heavy (non-hydrogen) atoms. The smallest absolute Gasteiger partial charge is 0.270 e. The van der Waals surface area contributed by atoms with Gasteiger partial charge in [-0.2, -0.15) is 0 Å². The van der Waals surface area contributed by atoms with Gasteiger partial charge < -0.3 is 20.3 Å². The van der Waals surface area contributed by atoms with Gasteiger partial charge in [0.15, 0.2) is 0 Å². The van der Waals surface area contributed by atoms with Gasteiger partial charge in [-0.25, -0.2) is 9.97 Å². The Morgan fingerprint density at radius 3 is 2.34 bits per heavy atom. The fourth-order valence-electron chi connectivity index (χ4n) is 2.76. The second kappa shape index (κ2) is 9.05. The molecule has 3 rings (SSSR count). The van der Waals surface area contributed by atoms with E-state index in [1.54, 1.807) is 20.1 Å². The summed E-state index contributed by atoms with van der Waals surface area (Å²) in [5.41, 5.74) is 3.29. The Morgan fingerprint density at radius 1 is 1.03 bits per heavy atom. The molecule has 0 saturated carbocycles. The molecule has 0 fully saturated rings. The molecule has 2 N–H and O–H groups in total. The minimum atomic E-state index is -0.252. The Balaban J connectivity index is 1.67. The number of hydrogen-bond acceptors (Lipinski definition) is 6. The van der Waals surface area contributed by atoms with Gasteiger partial charge in [-0.1, -0.05) is 12.1 Å². The van der Waals surface area contributed by atoms with Crippen LogP contribution in [0.25, 0.3) is 0 Å². The van der Waals surface area contributed by atoms with Gasteiger partial charge in [0.1, 0.15) is 23.1 Å². The zero-order valence-corrected chi connectivity index (χ0v) is 17.1. The molecule has 3 aromatic rings. The van der Waals surface area contributed by atoms with Crippen LogP contribution in [0, 0.1) is 6.92 Å². The molecule has 0 aliphatic heterocycles. The number of rotatable bonds is 7. The van der Waals surface area contributed by atoms with E-state index in [0.717, 1.165) is 22.7 Å². The average Bonchev–Trinajstić information content (AvgIpc) is 2.72. The van der Waals surface area contributed by atoms with Crippen LogP contribution in [0.2, 0.25) is 0 Å². The highest BCUT2D eigenvalue weighted by molar-refractivity contribution is 5.93. The van der Waals surface area contributed by atoms with Crippen molar-refractivity contribution in [1.82, 2.24) is 15.3 Å². The molecule has 2 aromatic carbocycles. The summed E-state index contributed by atoms with van der Waals surface area (Å²) in [6, 6.07) is 17.2. The molecule has 150 valence electrons. The van der Waals surface area contributed by atoms with Crippen LogP contribution in [0.15, 0.2) is 54.6 Å². The number of nitrogens with zero attached hydrogens (tertiary/aromatic N) is 3. The van der Waals surface area contributed by atoms with Crippen LogP contribution in [0.5, 0.6) is 5.75 Å². The highest BCUT2D eigenvalue weighted by Crippen LogP contribution is 2.19. The Hall–Kier alpha value is -3.61. The molecule has 0 aliphatic rings. The van der Waals surface area contributed by atoms with Gasteiger partial charge >= 0.3 is 0 Å². The van der Waals surface area contributed by atoms with E-state index in [-0.39, 0.29) is 5.91 Å². The number of ether oxygens (including phenoxy) is 1. The first-order chi connectivity index (χ1) is 13.9. The number of hydrogen-bond donors (Lipinski definition) is 2. The Bertz CT molecular complexity index is 969. The maximum absolute atomic E-state index is 12.6. The number of anilines is 3. The second-order valence-electron chi connectivity index (χ2n) is 6.78. The van der Waals surface area contributed by atoms with E-state index in [9.17, 15) is 4.79 Å². The lowest BCUT2D eigenvalue weighted by Crippen LogP contribution is -2.24. The molecule has 0 radical (unpaired) electrons. The van der Waals surface area contributed by atoms with E-state index in [1.807, 2.05) is 67.5 Å². The van der Waals surface area contributed by atoms with Crippen molar-refractivity contribution in [1.29, 1.82) is 0 Å². The third-order valence-electron chi connectivity index (χ3n) is 4.34. The van der Waals surface area contributed by atoms with E-state index in [2.05, 4.69) is 20.6 Å². The zero-order chi connectivity index (χ0) is 20.8. The van der Waals surface area contributed by atoms with Gasteiger partial charge in [-0.3, -0.25) is 4.79 Å². The number of nitrogens with one attached hydrogen (secondary N) is 2. The number of aromatic nitrogens is 2. The summed E-state index contributed by atoms with van der Waals surface area (Å²) < 4.78 is 5.14. The monoisotopic (exact) mass is 391 g/mol. The number of methoxy groups -OCH3 is 1. The fourth-order valence-corrected chi connectivity index (χ4v) is 2.76. The average molecular weight is 391 g/mol. The van der Waals surface area contributed by atoms with Gasteiger partial charge in [-0.15, -0.1) is 0 Å². The summed E-state index contributed by atoms with van der Waals surface area (Å²) >= 11 is 0. The SMILES string of the molecule is COc1ccc(CNC(=O)c2cc(Nc3ccc(N(C)C)cc3)nc(C)n2)cc1. The first-order valence-corrected chi connectivity index (χ1v) is 9.26. The molecule has 7 heteroatoms. The highest BCUT2D eigenvalue weighted by Gasteiger charge is 2.11. The quantitative estimate of drug-likeness (QED) is 0.641. The lowest BCUT2D eigenvalue weighted by molar-refractivity contribution is 0.0945. The predicted octanol–water partition coefficient (Wildman–Crippen LogP) is 3.53. The van der Waals surface area contributed by atoms with Gasteiger partial charge in [-0.05, 0) is 48.9 Å². The summed E-state index contributed by atoms with van der Waals surface area (Å²) in [5.74, 6) is 1.62. The molecule has 0 bridgehead atoms. The van der Waals surface area contributed by atoms with Crippen molar-refractivity contribution < 1.29 is 9.53 Å². The maximum Gasteiger partial charge on any atom is 0.270 e. The highest BCUT2D eigenvalue weighted by atomic mass is 16.5. The van der Waals surface area contributed by atoms with Gasteiger partial charge in [0.2, 0.25) is 0 Å². The molecule has 0 aliphatic carbocycles. The number of carbonyl (C=O) groups excluding carboxylic acids is 1. The Kier molecular flexibility index (Phi) is 6.29. The number of amides is 1. The lowest BCUT2D eigenvalue weighted by Gasteiger charge is -2.13. The van der Waals surface area contributed by atoms with Crippen LogP contribution in [-0.4, -0.2) is 37.1 Å². The van der Waals surface area contributed by atoms with Crippen molar-refractivity contribution in [3.05, 3.63) is 71.7 Å². The topological polar surface area (TPSA) is 79.4 Å². The van der Waals surface area contributed by atoms with Gasteiger partial charge in [0.05, 0.1) is 7.11 Å². The molecule has 0 atom stereocenters. The van der Waals surface area contributed by atoms with Crippen molar-refractivity contribution in [2.75, 3.05) is 31.4 Å². The number of aryl methyl sites for hydroxylation is 1. The largest absolute Gasteiger partial charge is 0.497 e. The second-order valence-corrected chi connectivity index (χ2v) is 6.78. The van der Waals surface area contributed by atoms with Gasteiger partial charge in [0.25, 0.3) is 5.91 Å². The summed E-state index contributed by atoms with van der Waals surface area (Å²) in [7, 11) is 5.61. The predicted molar refractivity (Wildman–Crippen MR) is 115 cm³/mol. The van der Waals surface area contributed by atoms with Gasteiger partial charge in [0, 0.05) is 38.1 Å². The van der Waals surface area contributed by atoms with Crippen LogP contribution in [0.3, 0.4) is 0 Å². The summed E-state index contributed by atoms with van der Waals surface area (Å²) in [4.78, 5) is 23.2. The molecule has 0 saturated heterocycles. The molecule has 1 amide bonds. The normalized spacial score (nSPS) is 10.3. The van der Waals surface area contributed by atoms with Crippen LogP contribution in [0.1, 0.15) is 21.9 Å². The molecule has 1 aromatic heterocycles. The summed E-state index contributed by atoms with van der Waals surface area (Å²) in [6.45, 7) is 2.17. The van der Waals surface area contributed by atoms with Crippen LogP contribution >= 0.6 is 0 Å². The molecule has 1 heterocycles. The van der Waals surface area contributed by atoms with Crippen LogP contribution in [0.4, 0.5) is 17.2 Å². The third kappa shape index (κ3) is 5.44. The zero-order valence-electron chi connectivity index (χ0n) is 17.1. The van der Waals surface area contributed by atoms with E-state index in [0.29, 0.717) is 23.9 Å². The molecular formula is C22H25N5O2. The number of benzene rings is 2. The van der Waals surface area contributed by atoms with E-state index >= 15 is 0 Å². The fraction of sp³-hybridized carbons (Fsp3) is 0.227. The van der Waals surface area contributed by atoms with Crippen molar-refractivity contribution in [3.63, 3.8) is 0 Å². The van der Waals surface area contributed by atoms with Crippen molar-refractivity contribution in [2.45, 2.75) is 13.5 Å². The van der Waals surface area contributed by atoms with Crippen LogP contribution < -0.4 is 20.3 Å². The Labute approximate surface area is 170 Å². The first kappa shape index (κ1) is 20.1. The molecule has 7 nitrogen and oxygen atoms in total. The standard InChI is InChI=1S/C22H25N5O2/c1-15-24-20(22(28)23-14-16-5-11-19(29-4)12-6-16)13-21(25-15)26-17-7-9-18(10-8-17)27(2)3/h5-13H,14H2,1-4H3,(H,23,28)(H,24,25,26).